The van der Waals surface area contributed by atoms with Crippen molar-refractivity contribution in [2.75, 3.05) is 0 Å². The quantitative estimate of drug-likeness (QED) is 0.880. The summed E-state index contributed by atoms with van der Waals surface area (Å²) in [6.45, 7) is 0.426. The lowest BCUT2D eigenvalue weighted by Gasteiger charge is -2.02. The minimum atomic E-state index is -1.14. The second-order valence-electron chi connectivity index (χ2n) is 3.79. The van der Waals surface area contributed by atoms with E-state index in [0.717, 1.165) is 5.56 Å². The Bertz CT molecular complexity index is 628. The molecule has 6 nitrogen and oxygen atoms in total. The Morgan fingerprint density at radius 1 is 1.42 bits per heavy atom. The maximum absolute atomic E-state index is 10.6. The van der Waals surface area contributed by atoms with Crippen molar-refractivity contribution in [1.29, 1.82) is 5.26 Å². The van der Waals surface area contributed by atoms with Crippen molar-refractivity contribution >= 4 is 5.97 Å². The second kappa shape index (κ2) is 5.80. The van der Waals surface area contributed by atoms with Gasteiger partial charge in [0.25, 0.3) is 0 Å². The molecule has 0 radical (unpaired) electrons. The molecule has 1 heterocycles. The number of rotatable bonds is 5. The van der Waals surface area contributed by atoms with Crippen LogP contribution in [0.3, 0.4) is 0 Å². The summed E-state index contributed by atoms with van der Waals surface area (Å²) >= 11 is 0. The number of carboxylic acids is 1. The van der Waals surface area contributed by atoms with Gasteiger partial charge in [-0.25, -0.2) is 4.79 Å². The van der Waals surface area contributed by atoms with Gasteiger partial charge >= 0.3 is 5.97 Å². The number of carbonyl (C=O) groups is 1. The first-order chi connectivity index (χ1) is 9.19. The van der Waals surface area contributed by atoms with E-state index in [4.69, 9.17) is 19.6 Å². The van der Waals surface area contributed by atoms with Crippen LogP contribution in [0.1, 0.15) is 27.4 Å². The minimum absolute atomic E-state index is 0.122. The molecule has 0 spiro atoms. The van der Waals surface area contributed by atoms with E-state index in [-0.39, 0.29) is 12.3 Å². The predicted octanol–water partition coefficient (Wildman–Crippen LogP) is 1.96. The highest BCUT2D eigenvalue weighted by molar-refractivity contribution is 5.85. The van der Waals surface area contributed by atoms with Crippen molar-refractivity contribution in [2.24, 2.45) is 0 Å². The van der Waals surface area contributed by atoms with Gasteiger partial charge in [-0.2, -0.15) is 5.26 Å². The van der Waals surface area contributed by atoms with Crippen LogP contribution in [0.15, 0.2) is 34.9 Å². The molecular weight excluding hydrogens is 248 g/mol. The molecule has 1 aromatic carbocycles. The fourth-order valence-corrected chi connectivity index (χ4v) is 1.48. The summed E-state index contributed by atoms with van der Waals surface area (Å²) in [6, 6.07) is 10.4. The van der Waals surface area contributed by atoms with E-state index in [1.807, 2.05) is 12.1 Å². The van der Waals surface area contributed by atoms with Crippen molar-refractivity contribution in [1.82, 2.24) is 5.16 Å². The number of hydrogen-bond donors (Lipinski definition) is 1. The lowest BCUT2D eigenvalue weighted by atomic mass is 10.1. The van der Waals surface area contributed by atoms with Gasteiger partial charge in [0.15, 0.2) is 11.5 Å². The van der Waals surface area contributed by atoms with Crippen LogP contribution in [0.4, 0.5) is 0 Å². The van der Waals surface area contributed by atoms with E-state index < -0.39 is 5.97 Å². The zero-order chi connectivity index (χ0) is 13.7. The number of aromatic nitrogens is 1. The van der Waals surface area contributed by atoms with Crippen LogP contribution in [0, 0.1) is 11.3 Å². The van der Waals surface area contributed by atoms with Crippen LogP contribution < -0.4 is 0 Å². The highest BCUT2D eigenvalue weighted by atomic mass is 16.5. The Balaban J connectivity index is 1.89. The van der Waals surface area contributed by atoms with Crippen molar-refractivity contribution in [3.63, 3.8) is 0 Å². The molecule has 0 aliphatic heterocycles. The van der Waals surface area contributed by atoms with Crippen LogP contribution in [0.25, 0.3) is 0 Å². The van der Waals surface area contributed by atoms with Crippen LogP contribution in [-0.4, -0.2) is 16.2 Å². The van der Waals surface area contributed by atoms with Crippen molar-refractivity contribution in [3.8, 4) is 6.07 Å². The normalized spacial score (nSPS) is 10.1. The summed E-state index contributed by atoms with van der Waals surface area (Å²) in [5.41, 5.74) is 1.27. The highest BCUT2D eigenvalue weighted by Gasteiger charge is 2.10. The highest BCUT2D eigenvalue weighted by Crippen LogP contribution is 2.09. The molecule has 1 N–H and O–H groups in total. The molecular formula is C13H10N2O4. The van der Waals surface area contributed by atoms with Crippen LogP contribution in [-0.2, 0) is 18.0 Å². The van der Waals surface area contributed by atoms with Crippen LogP contribution in [0.5, 0.6) is 0 Å². The third-order valence-corrected chi connectivity index (χ3v) is 2.35. The first-order valence-corrected chi connectivity index (χ1v) is 5.44. The number of ether oxygens (including phenoxy) is 1. The predicted molar refractivity (Wildman–Crippen MR) is 63.1 cm³/mol. The molecule has 0 atom stereocenters. The largest absolute Gasteiger partial charge is 0.476 e. The van der Waals surface area contributed by atoms with Crippen molar-refractivity contribution < 1.29 is 19.2 Å². The molecule has 0 saturated heterocycles. The molecule has 2 rings (SSSR count). The average Bonchev–Trinajstić information content (AvgIpc) is 2.88. The van der Waals surface area contributed by atoms with Gasteiger partial charge in [-0.15, -0.1) is 0 Å². The molecule has 0 fully saturated rings. The molecule has 0 unspecified atom stereocenters. The Morgan fingerprint density at radius 2 is 2.26 bits per heavy atom. The number of benzene rings is 1. The SMILES string of the molecule is N#Cc1cccc(COCc2cc(C(=O)O)no2)c1. The molecule has 1 aromatic heterocycles. The maximum atomic E-state index is 10.6. The first kappa shape index (κ1) is 12.8. The van der Waals surface area contributed by atoms with E-state index in [1.54, 1.807) is 18.2 Å². The fourth-order valence-electron chi connectivity index (χ4n) is 1.48. The van der Waals surface area contributed by atoms with Gasteiger partial charge in [-0.3, -0.25) is 0 Å². The van der Waals surface area contributed by atoms with Crippen molar-refractivity contribution in [2.45, 2.75) is 13.2 Å². The molecule has 0 aliphatic rings. The number of nitrogens with zero attached hydrogens (tertiary/aromatic N) is 2. The lowest BCUT2D eigenvalue weighted by molar-refractivity contribution is 0.0683. The monoisotopic (exact) mass is 258 g/mol. The summed E-state index contributed by atoms with van der Waals surface area (Å²) in [5, 5.41) is 20.8. The molecule has 19 heavy (non-hydrogen) atoms. The van der Waals surface area contributed by atoms with Gasteiger partial charge in [0.2, 0.25) is 0 Å². The van der Waals surface area contributed by atoms with Gasteiger partial charge in [-0.05, 0) is 17.7 Å². The smallest absolute Gasteiger partial charge is 0.358 e. The summed E-state index contributed by atoms with van der Waals surface area (Å²) in [6.07, 6.45) is 0. The molecule has 6 heteroatoms. The van der Waals surface area contributed by atoms with Gasteiger partial charge in [0.05, 0.1) is 18.2 Å². The van der Waals surface area contributed by atoms with Gasteiger partial charge < -0.3 is 14.4 Å². The lowest BCUT2D eigenvalue weighted by Crippen LogP contribution is -1.95. The molecule has 96 valence electrons. The summed E-state index contributed by atoms with van der Waals surface area (Å²) in [7, 11) is 0. The second-order valence-corrected chi connectivity index (χ2v) is 3.79. The Kier molecular flexibility index (Phi) is 3.90. The molecule has 0 amide bonds. The zero-order valence-corrected chi connectivity index (χ0v) is 9.87. The Morgan fingerprint density at radius 3 is 2.95 bits per heavy atom. The number of carboxylic acid groups (broad SMARTS) is 1. The van der Waals surface area contributed by atoms with E-state index in [1.165, 1.54) is 6.07 Å². The van der Waals surface area contributed by atoms with Crippen molar-refractivity contribution in [3.05, 3.63) is 52.9 Å². The third kappa shape index (κ3) is 3.40. The molecule has 0 saturated carbocycles. The van der Waals surface area contributed by atoms with Crippen LogP contribution >= 0.6 is 0 Å². The van der Waals surface area contributed by atoms with Crippen LogP contribution in [0.2, 0.25) is 0 Å². The van der Waals surface area contributed by atoms with E-state index in [2.05, 4.69) is 5.16 Å². The van der Waals surface area contributed by atoms with Gasteiger partial charge in [-0.1, -0.05) is 17.3 Å². The Hall–Kier alpha value is -2.65. The Labute approximate surface area is 108 Å². The third-order valence-electron chi connectivity index (χ3n) is 2.35. The van der Waals surface area contributed by atoms with Gasteiger partial charge in [0.1, 0.15) is 6.61 Å². The maximum Gasteiger partial charge on any atom is 0.358 e. The van der Waals surface area contributed by atoms with Gasteiger partial charge in [0, 0.05) is 6.07 Å². The van der Waals surface area contributed by atoms with E-state index >= 15 is 0 Å². The fraction of sp³-hybridized carbons (Fsp3) is 0.154. The summed E-state index contributed by atoms with van der Waals surface area (Å²) in [5.74, 6) is -0.800. The summed E-state index contributed by atoms with van der Waals surface area (Å²) in [4.78, 5) is 10.6. The standard InChI is InChI=1S/C13H10N2O4/c14-6-9-2-1-3-10(4-9)7-18-8-11-5-12(13(16)17)15-19-11/h1-5H,7-8H2,(H,16,17). The van der Waals surface area contributed by atoms with E-state index in [9.17, 15) is 4.79 Å². The topological polar surface area (TPSA) is 96.3 Å². The number of nitriles is 1. The number of hydrogen-bond acceptors (Lipinski definition) is 5. The first-order valence-electron chi connectivity index (χ1n) is 5.44. The number of aromatic carboxylic acids is 1. The summed E-state index contributed by atoms with van der Waals surface area (Å²) < 4.78 is 10.2. The minimum Gasteiger partial charge on any atom is -0.476 e. The zero-order valence-electron chi connectivity index (χ0n) is 9.87. The van der Waals surface area contributed by atoms with E-state index in [0.29, 0.717) is 17.9 Å². The average molecular weight is 258 g/mol. The molecule has 2 aromatic rings. The molecule has 0 aliphatic carbocycles. The molecule has 0 bridgehead atoms.